The Balaban J connectivity index is 1.46. The van der Waals surface area contributed by atoms with Gasteiger partial charge in [0, 0.05) is 31.3 Å². The van der Waals surface area contributed by atoms with Crippen molar-refractivity contribution in [2.45, 2.75) is 82.4 Å². The Bertz CT molecular complexity index is 295. The molecule has 3 nitrogen and oxygen atoms in total. The van der Waals surface area contributed by atoms with E-state index < -0.39 is 0 Å². The number of piperazine rings is 1. The Morgan fingerprint density at radius 3 is 2.80 bits per heavy atom. The van der Waals surface area contributed by atoms with Crippen molar-refractivity contribution in [3.8, 4) is 0 Å². The van der Waals surface area contributed by atoms with Crippen LogP contribution in [0.5, 0.6) is 0 Å². The maximum Gasteiger partial charge on any atom is 0.0576 e. The van der Waals surface area contributed by atoms with Gasteiger partial charge < -0.3 is 10.1 Å². The second-order valence-electron chi connectivity index (χ2n) is 7.32. The predicted octanol–water partition coefficient (Wildman–Crippen LogP) is 2.94. The summed E-state index contributed by atoms with van der Waals surface area (Å²) in [6, 6.07) is 0.701. The largest absolute Gasteiger partial charge is 0.378 e. The van der Waals surface area contributed by atoms with E-state index in [2.05, 4.69) is 17.1 Å². The van der Waals surface area contributed by atoms with E-state index in [-0.39, 0.29) is 0 Å². The first-order valence-electron chi connectivity index (χ1n) is 8.88. The second-order valence-corrected chi connectivity index (χ2v) is 7.32. The van der Waals surface area contributed by atoms with Gasteiger partial charge in [-0.2, -0.15) is 0 Å². The van der Waals surface area contributed by atoms with Gasteiger partial charge in [0.1, 0.15) is 0 Å². The van der Waals surface area contributed by atoms with Gasteiger partial charge in [0.05, 0.1) is 6.10 Å². The predicted molar refractivity (Wildman–Crippen MR) is 83.1 cm³/mol. The molecule has 1 saturated carbocycles. The molecule has 1 N–H and O–H groups in total. The van der Waals surface area contributed by atoms with E-state index in [9.17, 15) is 0 Å². The standard InChI is InChI=1S/C17H32N2O/c1-15-13-18-17(9-3-2-4-10-17)14-19(15)11-5-7-16-8-6-12-20-16/h15-16,18H,2-14H2,1H3. The van der Waals surface area contributed by atoms with Crippen LogP contribution < -0.4 is 5.32 Å². The normalized spacial score (nSPS) is 34.6. The average molecular weight is 280 g/mol. The molecule has 2 heterocycles. The summed E-state index contributed by atoms with van der Waals surface area (Å²) in [4.78, 5) is 2.75. The zero-order valence-corrected chi connectivity index (χ0v) is 13.2. The van der Waals surface area contributed by atoms with E-state index in [4.69, 9.17) is 4.74 Å². The second kappa shape index (κ2) is 6.76. The zero-order valence-electron chi connectivity index (χ0n) is 13.2. The minimum Gasteiger partial charge on any atom is -0.378 e. The van der Waals surface area contributed by atoms with Crippen molar-refractivity contribution >= 4 is 0 Å². The molecule has 0 aromatic carbocycles. The van der Waals surface area contributed by atoms with Gasteiger partial charge in [-0.05, 0) is 52.0 Å². The number of nitrogens with zero attached hydrogens (tertiary/aromatic N) is 1. The highest BCUT2D eigenvalue weighted by Gasteiger charge is 2.38. The van der Waals surface area contributed by atoms with Crippen LogP contribution in [0.25, 0.3) is 0 Å². The summed E-state index contributed by atoms with van der Waals surface area (Å²) >= 11 is 0. The topological polar surface area (TPSA) is 24.5 Å². The number of ether oxygens (including phenoxy) is 1. The van der Waals surface area contributed by atoms with Gasteiger partial charge in [-0.3, -0.25) is 4.90 Å². The van der Waals surface area contributed by atoms with Crippen molar-refractivity contribution in [3.05, 3.63) is 0 Å². The van der Waals surface area contributed by atoms with E-state index >= 15 is 0 Å². The average Bonchev–Trinajstić information content (AvgIpc) is 2.97. The lowest BCUT2D eigenvalue weighted by molar-refractivity contribution is 0.0542. The van der Waals surface area contributed by atoms with Gasteiger partial charge in [0.15, 0.2) is 0 Å². The van der Waals surface area contributed by atoms with Crippen molar-refractivity contribution in [1.29, 1.82) is 0 Å². The molecule has 0 radical (unpaired) electrons. The van der Waals surface area contributed by atoms with Crippen LogP contribution in [-0.2, 0) is 4.74 Å². The third kappa shape index (κ3) is 3.55. The number of hydrogen-bond donors (Lipinski definition) is 1. The van der Waals surface area contributed by atoms with Gasteiger partial charge in [0.25, 0.3) is 0 Å². The van der Waals surface area contributed by atoms with Crippen LogP contribution in [0.2, 0.25) is 0 Å². The molecule has 3 rings (SSSR count). The molecule has 1 spiro atoms. The third-order valence-electron chi connectivity index (χ3n) is 5.71. The first kappa shape index (κ1) is 14.8. The highest BCUT2D eigenvalue weighted by molar-refractivity contribution is 4.98. The molecule has 2 saturated heterocycles. The van der Waals surface area contributed by atoms with Gasteiger partial charge in [-0.15, -0.1) is 0 Å². The minimum absolute atomic E-state index is 0.453. The summed E-state index contributed by atoms with van der Waals surface area (Å²) in [5.74, 6) is 0. The molecule has 0 aromatic heterocycles. The van der Waals surface area contributed by atoms with Crippen molar-refractivity contribution < 1.29 is 4.74 Å². The molecule has 2 aliphatic heterocycles. The number of nitrogens with one attached hydrogen (secondary N) is 1. The Labute approximate surface area is 124 Å². The molecule has 116 valence electrons. The van der Waals surface area contributed by atoms with Crippen molar-refractivity contribution in [1.82, 2.24) is 10.2 Å². The van der Waals surface area contributed by atoms with E-state index in [0.29, 0.717) is 17.7 Å². The molecule has 2 atom stereocenters. The summed E-state index contributed by atoms with van der Waals surface area (Å²) < 4.78 is 5.75. The molecule has 3 heteroatoms. The third-order valence-corrected chi connectivity index (χ3v) is 5.71. The molecular formula is C17H32N2O. The highest BCUT2D eigenvalue weighted by atomic mass is 16.5. The molecule has 0 bridgehead atoms. The smallest absolute Gasteiger partial charge is 0.0576 e. The molecule has 0 amide bonds. The SMILES string of the molecule is CC1CNC2(CCCCC2)CN1CCCC1CCCO1. The molecule has 20 heavy (non-hydrogen) atoms. The van der Waals surface area contributed by atoms with Gasteiger partial charge >= 0.3 is 0 Å². The van der Waals surface area contributed by atoms with Crippen LogP contribution in [0.1, 0.15) is 64.7 Å². The number of hydrogen-bond acceptors (Lipinski definition) is 3. The van der Waals surface area contributed by atoms with Crippen molar-refractivity contribution in [2.24, 2.45) is 0 Å². The summed E-state index contributed by atoms with van der Waals surface area (Å²) in [6.45, 7) is 7.11. The molecule has 0 aromatic rings. The van der Waals surface area contributed by atoms with E-state index in [1.54, 1.807) is 0 Å². The lowest BCUT2D eigenvalue weighted by atomic mass is 9.79. The quantitative estimate of drug-likeness (QED) is 0.857. The van der Waals surface area contributed by atoms with Crippen LogP contribution in [0.3, 0.4) is 0 Å². The molecule has 1 aliphatic carbocycles. The van der Waals surface area contributed by atoms with Crippen molar-refractivity contribution in [3.63, 3.8) is 0 Å². The Morgan fingerprint density at radius 1 is 1.20 bits per heavy atom. The Hall–Kier alpha value is -0.120. The zero-order chi connectivity index (χ0) is 13.8. The van der Waals surface area contributed by atoms with E-state index in [1.165, 1.54) is 77.4 Å². The fraction of sp³-hybridized carbons (Fsp3) is 1.00. The lowest BCUT2D eigenvalue weighted by Gasteiger charge is -2.49. The van der Waals surface area contributed by atoms with Gasteiger partial charge in [-0.25, -0.2) is 0 Å². The van der Waals surface area contributed by atoms with E-state index in [0.717, 1.165) is 6.61 Å². The van der Waals surface area contributed by atoms with E-state index in [1.807, 2.05) is 0 Å². The van der Waals surface area contributed by atoms with Crippen LogP contribution in [-0.4, -0.2) is 48.8 Å². The Morgan fingerprint density at radius 2 is 2.05 bits per heavy atom. The van der Waals surface area contributed by atoms with Crippen LogP contribution in [0.15, 0.2) is 0 Å². The summed E-state index contributed by atoms with van der Waals surface area (Å²) in [5, 5.41) is 3.88. The summed E-state index contributed by atoms with van der Waals surface area (Å²) in [6.07, 6.45) is 12.8. The fourth-order valence-corrected chi connectivity index (χ4v) is 4.35. The molecule has 2 unspecified atom stereocenters. The maximum absolute atomic E-state index is 5.75. The minimum atomic E-state index is 0.453. The lowest BCUT2D eigenvalue weighted by Crippen LogP contribution is -2.64. The maximum atomic E-state index is 5.75. The first-order chi connectivity index (χ1) is 9.77. The van der Waals surface area contributed by atoms with Crippen LogP contribution in [0.4, 0.5) is 0 Å². The monoisotopic (exact) mass is 280 g/mol. The molecular weight excluding hydrogens is 248 g/mol. The fourth-order valence-electron chi connectivity index (χ4n) is 4.35. The summed E-state index contributed by atoms with van der Waals surface area (Å²) in [5.41, 5.74) is 0.453. The molecule has 3 aliphatic rings. The first-order valence-corrected chi connectivity index (χ1v) is 8.88. The highest BCUT2D eigenvalue weighted by Crippen LogP contribution is 2.32. The molecule has 3 fully saturated rings. The van der Waals surface area contributed by atoms with Crippen LogP contribution >= 0.6 is 0 Å². The Kier molecular flexibility index (Phi) is 5.00. The van der Waals surface area contributed by atoms with Gasteiger partial charge in [0.2, 0.25) is 0 Å². The van der Waals surface area contributed by atoms with Crippen LogP contribution in [0, 0.1) is 0 Å². The van der Waals surface area contributed by atoms with Gasteiger partial charge in [-0.1, -0.05) is 19.3 Å². The summed E-state index contributed by atoms with van der Waals surface area (Å²) in [7, 11) is 0. The van der Waals surface area contributed by atoms with Crippen molar-refractivity contribution in [2.75, 3.05) is 26.2 Å². The number of rotatable bonds is 4.